The zero-order valence-electron chi connectivity index (χ0n) is 18.1. The van der Waals surface area contributed by atoms with Crippen molar-refractivity contribution >= 4 is 23.6 Å². The first-order valence-electron chi connectivity index (χ1n) is 10.6. The van der Waals surface area contributed by atoms with Crippen molar-refractivity contribution in [2.24, 2.45) is 5.92 Å². The van der Waals surface area contributed by atoms with Crippen molar-refractivity contribution in [3.8, 4) is 0 Å². The number of ether oxygens (including phenoxy) is 1. The van der Waals surface area contributed by atoms with Crippen LogP contribution in [0.3, 0.4) is 0 Å². The van der Waals surface area contributed by atoms with Crippen molar-refractivity contribution in [1.82, 2.24) is 14.8 Å². The van der Waals surface area contributed by atoms with Gasteiger partial charge in [-0.15, -0.1) is 0 Å². The van der Waals surface area contributed by atoms with Crippen LogP contribution in [0.25, 0.3) is 0 Å². The Kier molecular flexibility index (Phi) is 6.04. The summed E-state index contributed by atoms with van der Waals surface area (Å²) in [6, 6.07) is 13.2. The molecule has 6 nitrogen and oxygen atoms in total. The Morgan fingerprint density at radius 2 is 1.90 bits per heavy atom. The molecule has 0 saturated carbocycles. The van der Waals surface area contributed by atoms with E-state index in [2.05, 4.69) is 30.7 Å². The van der Waals surface area contributed by atoms with Crippen molar-refractivity contribution in [3.05, 3.63) is 64.9 Å². The lowest BCUT2D eigenvalue weighted by molar-refractivity contribution is -0.133. The van der Waals surface area contributed by atoms with Gasteiger partial charge in [0.2, 0.25) is 5.91 Å². The van der Waals surface area contributed by atoms with Crippen molar-refractivity contribution < 1.29 is 14.3 Å². The molecular weight excluding hydrogens is 414 g/mol. The number of carbonyl (C=O) groups excluding carboxylic acids is 2. The number of rotatable bonds is 4. The summed E-state index contributed by atoms with van der Waals surface area (Å²) in [5.74, 6) is -0.677. The lowest BCUT2D eigenvalue weighted by atomic mass is 9.90. The fourth-order valence-corrected chi connectivity index (χ4v) is 4.57. The molecule has 2 amide bonds. The quantitative estimate of drug-likeness (QED) is 0.713. The number of likely N-dealkylation sites (tertiary alicyclic amines) is 1. The molecule has 1 aromatic carbocycles. The zero-order chi connectivity index (χ0) is 22.2. The number of amides is 2. The molecule has 0 spiro atoms. The van der Waals surface area contributed by atoms with E-state index in [9.17, 15) is 9.59 Å². The van der Waals surface area contributed by atoms with E-state index in [0.717, 1.165) is 11.3 Å². The first kappa shape index (κ1) is 21.8. The van der Waals surface area contributed by atoms with Crippen LogP contribution in [0.1, 0.15) is 37.9 Å². The molecule has 2 saturated heterocycles. The van der Waals surface area contributed by atoms with Gasteiger partial charge in [-0.3, -0.25) is 14.7 Å². The smallest absolute Gasteiger partial charge is 0.416 e. The average molecular weight is 442 g/mol. The number of hydrogen-bond donors (Lipinski definition) is 0. The summed E-state index contributed by atoms with van der Waals surface area (Å²) in [6.07, 6.45) is 1.64. The van der Waals surface area contributed by atoms with Crippen LogP contribution in [0.5, 0.6) is 0 Å². The number of pyridine rings is 1. The molecule has 3 heterocycles. The minimum Gasteiger partial charge on any atom is -0.447 e. The lowest BCUT2D eigenvalue weighted by Crippen LogP contribution is -2.46. The molecule has 0 aliphatic carbocycles. The summed E-state index contributed by atoms with van der Waals surface area (Å²) in [5.41, 5.74) is 1.79. The molecule has 7 heteroatoms. The van der Waals surface area contributed by atoms with E-state index in [4.69, 9.17) is 16.3 Å². The van der Waals surface area contributed by atoms with Crippen molar-refractivity contribution in [2.75, 3.05) is 19.7 Å². The molecular formula is C24H28ClN3O3. The van der Waals surface area contributed by atoms with E-state index < -0.39 is 6.09 Å². The van der Waals surface area contributed by atoms with Gasteiger partial charge < -0.3 is 4.74 Å². The van der Waals surface area contributed by atoms with Crippen LogP contribution in [-0.4, -0.2) is 58.1 Å². The number of benzene rings is 1. The standard InChI is InChI=1S/C24H28ClN3O3/c1-24(2,3)27-13-19(21-10-9-17(25)12-26-21)20(14-27)22(29)28-18(15-31-23(28)30)11-16-7-5-4-6-8-16/h4-10,12,18-20H,11,13-15H2,1-3H3/t18-,19+,20+/m0/s1. The minimum atomic E-state index is -0.553. The minimum absolute atomic E-state index is 0.103. The molecule has 31 heavy (non-hydrogen) atoms. The highest BCUT2D eigenvalue weighted by molar-refractivity contribution is 6.30. The molecule has 0 unspecified atom stereocenters. The van der Waals surface area contributed by atoms with E-state index in [1.54, 1.807) is 12.3 Å². The monoisotopic (exact) mass is 441 g/mol. The zero-order valence-corrected chi connectivity index (χ0v) is 18.9. The van der Waals surface area contributed by atoms with Gasteiger partial charge in [0.25, 0.3) is 0 Å². The van der Waals surface area contributed by atoms with Gasteiger partial charge in [-0.25, -0.2) is 9.69 Å². The second-order valence-electron chi connectivity index (χ2n) is 9.32. The highest BCUT2D eigenvalue weighted by atomic mass is 35.5. The molecule has 2 aliphatic heterocycles. The highest BCUT2D eigenvalue weighted by Crippen LogP contribution is 2.38. The summed E-state index contributed by atoms with van der Waals surface area (Å²) in [6.45, 7) is 7.89. The second kappa shape index (κ2) is 8.60. The van der Waals surface area contributed by atoms with Crippen LogP contribution >= 0.6 is 11.6 Å². The first-order chi connectivity index (χ1) is 14.7. The third-order valence-electron chi connectivity index (χ3n) is 6.23. The molecule has 4 rings (SSSR count). The molecule has 2 aliphatic rings. The third-order valence-corrected chi connectivity index (χ3v) is 6.45. The van der Waals surface area contributed by atoms with Crippen LogP contribution in [0, 0.1) is 5.92 Å². The molecule has 0 radical (unpaired) electrons. The van der Waals surface area contributed by atoms with E-state index in [1.807, 2.05) is 36.4 Å². The fourth-order valence-electron chi connectivity index (χ4n) is 4.45. The van der Waals surface area contributed by atoms with Crippen molar-refractivity contribution in [2.45, 2.75) is 44.7 Å². The molecule has 0 N–H and O–H groups in total. The third kappa shape index (κ3) is 4.60. The summed E-state index contributed by atoms with van der Waals surface area (Å²) < 4.78 is 5.30. The average Bonchev–Trinajstić information content (AvgIpc) is 3.33. The van der Waals surface area contributed by atoms with E-state index in [0.29, 0.717) is 24.5 Å². The summed E-state index contributed by atoms with van der Waals surface area (Å²) >= 11 is 6.03. The number of imide groups is 1. The number of aromatic nitrogens is 1. The molecule has 2 fully saturated rings. The van der Waals surface area contributed by atoms with E-state index in [-0.39, 0.29) is 35.9 Å². The van der Waals surface area contributed by atoms with Gasteiger partial charge in [0.15, 0.2) is 0 Å². The van der Waals surface area contributed by atoms with Crippen LogP contribution in [-0.2, 0) is 16.0 Å². The topological polar surface area (TPSA) is 62.7 Å². The summed E-state index contributed by atoms with van der Waals surface area (Å²) in [7, 11) is 0. The number of cyclic esters (lactones) is 1. The Morgan fingerprint density at radius 1 is 1.16 bits per heavy atom. The predicted molar refractivity (Wildman–Crippen MR) is 119 cm³/mol. The Balaban J connectivity index is 1.61. The molecule has 1 aromatic heterocycles. The maximum atomic E-state index is 13.7. The maximum absolute atomic E-state index is 13.7. The largest absolute Gasteiger partial charge is 0.447 e. The normalized spacial score (nSPS) is 24.5. The van der Waals surface area contributed by atoms with Gasteiger partial charge in [0.05, 0.1) is 17.0 Å². The van der Waals surface area contributed by atoms with Gasteiger partial charge in [-0.05, 0) is 44.9 Å². The number of carbonyl (C=O) groups is 2. The number of halogens is 1. The Morgan fingerprint density at radius 3 is 2.55 bits per heavy atom. The Bertz CT molecular complexity index is 943. The maximum Gasteiger partial charge on any atom is 0.416 e. The van der Waals surface area contributed by atoms with Crippen LogP contribution in [0.2, 0.25) is 5.02 Å². The SMILES string of the molecule is CC(C)(C)N1C[C@@H](C(=O)N2C(=O)OC[C@@H]2Cc2ccccc2)[C@H](c2ccc(Cl)cn2)C1. The molecule has 3 atom stereocenters. The Hall–Kier alpha value is -2.44. The van der Waals surface area contributed by atoms with Gasteiger partial charge in [0, 0.05) is 36.4 Å². The van der Waals surface area contributed by atoms with Crippen molar-refractivity contribution in [3.63, 3.8) is 0 Å². The first-order valence-corrected chi connectivity index (χ1v) is 11.0. The Labute approximate surface area is 188 Å². The van der Waals surface area contributed by atoms with E-state index >= 15 is 0 Å². The molecule has 2 aromatic rings. The molecule has 164 valence electrons. The second-order valence-corrected chi connectivity index (χ2v) is 9.76. The predicted octanol–water partition coefficient (Wildman–Crippen LogP) is 4.14. The van der Waals surface area contributed by atoms with Gasteiger partial charge in [-0.2, -0.15) is 0 Å². The highest BCUT2D eigenvalue weighted by Gasteiger charge is 2.48. The van der Waals surface area contributed by atoms with Crippen LogP contribution in [0.15, 0.2) is 48.7 Å². The molecule has 0 bridgehead atoms. The number of hydrogen-bond acceptors (Lipinski definition) is 5. The summed E-state index contributed by atoms with van der Waals surface area (Å²) in [5, 5.41) is 0.559. The van der Waals surface area contributed by atoms with Gasteiger partial charge >= 0.3 is 6.09 Å². The fraction of sp³-hybridized carbons (Fsp3) is 0.458. The number of nitrogens with zero attached hydrogens (tertiary/aromatic N) is 3. The lowest BCUT2D eigenvalue weighted by Gasteiger charge is -2.32. The van der Waals surface area contributed by atoms with E-state index in [1.165, 1.54) is 4.90 Å². The van der Waals surface area contributed by atoms with Gasteiger partial charge in [-0.1, -0.05) is 41.9 Å². The van der Waals surface area contributed by atoms with Crippen LogP contribution in [0.4, 0.5) is 4.79 Å². The van der Waals surface area contributed by atoms with Crippen LogP contribution < -0.4 is 0 Å². The van der Waals surface area contributed by atoms with Gasteiger partial charge in [0.1, 0.15) is 6.61 Å². The summed E-state index contributed by atoms with van der Waals surface area (Å²) in [4.78, 5) is 34.4. The van der Waals surface area contributed by atoms with Crippen molar-refractivity contribution in [1.29, 1.82) is 0 Å².